The summed E-state index contributed by atoms with van der Waals surface area (Å²) in [5, 5.41) is 9.57. The molecule has 0 spiro atoms. The second-order valence-electron chi connectivity index (χ2n) is 14.0. The van der Waals surface area contributed by atoms with Crippen LogP contribution in [-0.4, -0.2) is 19.5 Å². The maximum absolute atomic E-state index is 5.31. The van der Waals surface area contributed by atoms with Crippen LogP contribution in [0.3, 0.4) is 0 Å². The summed E-state index contributed by atoms with van der Waals surface area (Å²) in [6.45, 7) is 0. The van der Waals surface area contributed by atoms with Crippen molar-refractivity contribution in [3.63, 3.8) is 0 Å². The third-order valence-electron chi connectivity index (χ3n) is 10.8. The van der Waals surface area contributed by atoms with Crippen LogP contribution in [0.15, 0.2) is 194 Å². The van der Waals surface area contributed by atoms with Gasteiger partial charge in [0.05, 0.1) is 16.7 Å². The third-order valence-corrected chi connectivity index (χ3v) is 10.8. The molecule has 0 radical (unpaired) electrons. The predicted octanol–water partition coefficient (Wildman–Crippen LogP) is 13.1. The van der Waals surface area contributed by atoms with Crippen LogP contribution in [0.1, 0.15) is 0 Å². The molecule has 11 rings (SSSR count). The van der Waals surface area contributed by atoms with Gasteiger partial charge in [0, 0.05) is 27.5 Å². The zero-order valence-corrected chi connectivity index (χ0v) is 29.8. The Kier molecular flexibility index (Phi) is 7.14. The summed E-state index contributed by atoms with van der Waals surface area (Å²) in [7, 11) is 0. The van der Waals surface area contributed by atoms with Gasteiger partial charge in [-0.3, -0.25) is 0 Å². The van der Waals surface area contributed by atoms with Crippen molar-refractivity contribution in [1.82, 2.24) is 19.5 Å². The SMILES string of the molecule is c1ccc(-c2ccc3c4ccccc4n(-c4cc5c6ccccc6c6ccccc6c5cc4-c4nc(-c5ccccc5)nc(-c5ccccc5)n4)c3c2)cc1. The van der Waals surface area contributed by atoms with E-state index < -0.39 is 0 Å². The Morgan fingerprint density at radius 1 is 0.273 bits per heavy atom. The van der Waals surface area contributed by atoms with E-state index in [1.807, 2.05) is 36.4 Å². The van der Waals surface area contributed by atoms with Crippen LogP contribution in [0.25, 0.3) is 105 Å². The maximum Gasteiger partial charge on any atom is 0.166 e. The molecular weight excluding hydrogens is 669 g/mol. The van der Waals surface area contributed by atoms with Crippen molar-refractivity contribution in [2.24, 2.45) is 0 Å². The topological polar surface area (TPSA) is 43.6 Å². The summed E-state index contributed by atoms with van der Waals surface area (Å²) in [5.74, 6) is 1.88. The number of fused-ring (bicyclic) bond motifs is 9. The zero-order chi connectivity index (χ0) is 36.3. The van der Waals surface area contributed by atoms with E-state index in [1.54, 1.807) is 0 Å². The highest BCUT2D eigenvalue weighted by molar-refractivity contribution is 6.26. The first-order valence-corrected chi connectivity index (χ1v) is 18.6. The first-order chi connectivity index (χ1) is 27.3. The van der Waals surface area contributed by atoms with Gasteiger partial charge in [-0.25, -0.2) is 15.0 Å². The van der Waals surface area contributed by atoms with Gasteiger partial charge in [-0.2, -0.15) is 0 Å². The molecule has 4 heteroatoms. The van der Waals surface area contributed by atoms with Crippen LogP contribution in [0.2, 0.25) is 0 Å². The van der Waals surface area contributed by atoms with Gasteiger partial charge in [-0.15, -0.1) is 0 Å². The smallest absolute Gasteiger partial charge is 0.166 e. The Morgan fingerprint density at radius 2 is 0.709 bits per heavy atom. The first-order valence-electron chi connectivity index (χ1n) is 18.6. The van der Waals surface area contributed by atoms with Gasteiger partial charge < -0.3 is 4.57 Å². The average molecular weight is 701 g/mol. The predicted molar refractivity (Wildman–Crippen MR) is 228 cm³/mol. The molecule has 0 atom stereocenters. The Labute approximate surface area is 317 Å². The van der Waals surface area contributed by atoms with Crippen molar-refractivity contribution in [3.05, 3.63) is 194 Å². The number of hydrogen-bond acceptors (Lipinski definition) is 3. The lowest BCUT2D eigenvalue weighted by molar-refractivity contribution is 1.07. The van der Waals surface area contributed by atoms with Crippen LogP contribution in [-0.2, 0) is 0 Å². The normalized spacial score (nSPS) is 11.6. The lowest BCUT2D eigenvalue weighted by Gasteiger charge is -2.18. The summed E-state index contributed by atoms with van der Waals surface area (Å²) in [4.78, 5) is 15.7. The van der Waals surface area contributed by atoms with E-state index in [4.69, 9.17) is 15.0 Å². The Morgan fingerprint density at radius 3 is 1.29 bits per heavy atom. The molecule has 256 valence electrons. The van der Waals surface area contributed by atoms with E-state index in [9.17, 15) is 0 Å². The molecule has 0 aliphatic rings. The molecule has 2 heterocycles. The maximum atomic E-state index is 5.31. The molecule has 55 heavy (non-hydrogen) atoms. The van der Waals surface area contributed by atoms with E-state index >= 15 is 0 Å². The molecule has 0 aliphatic heterocycles. The minimum atomic E-state index is 0.618. The fourth-order valence-corrected chi connectivity index (χ4v) is 8.27. The Balaban J connectivity index is 1.31. The van der Waals surface area contributed by atoms with Crippen molar-refractivity contribution >= 4 is 54.1 Å². The average Bonchev–Trinajstić information content (AvgIpc) is 3.60. The Bertz CT molecular complexity index is 3180. The largest absolute Gasteiger partial charge is 0.308 e. The highest BCUT2D eigenvalue weighted by Crippen LogP contribution is 2.43. The summed E-state index contributed by atoms with van der Waals surface area (Å²) < 4.78 is 2.42. The molecule has 0 saturated heterocycles. The second-order valence-corrected chi connectivity index (χ2v) is 14.0. The monoisotopic (exact) mass is 700 g/mol. The molecule has 4 nitrogen and oxygen atoms in total. The van der Waals surface area contributed by atoms with Crippen LogP contribution in [0.4, 0.5) is 0 Å². The third kappa shape index (κ3) is 5.11. The number of para-hydroxylation sites is 1. The lowest BCUT2D eigenvalue weighted by Crippen LogP contribution is -2.04. The first kappa shape index (κ1) is 31.1. The number of rotatable bonds is 5. The number of aromatic nitrogens is 4. The van der Waals surface area contributed by atoms with Crippen molar-refractivity contribution < 1.29 is 0 Å². The summed E-state index contributed by atoms with van der Waals surface area (Å²) in [5.41, 5.74) is 8.38. The minimum Gasteiger partial charge on any atom is -0.308 e. The van der Waals surface area contributed by atoms with Crippen molar-refractivity contribution in [1.29, 1.82) is 0 Å². The molecule has 9 aromatic carbocycles. The van der Waals surface area contributed by atoms with Crippen LogP contribution >= 0.6 is 0 Å². The molecular formula is C51H32N4. The summed E-state index contributed by atoms with van der Waals surface area (Å²) in [6.07, 6.45) is 0. The fraction of sp³-hybridized carbons (Fsp3) is 0. The molecule has 0 fully saturated rings. The molecule has 0 amide bonds. The molecule has 0 aliphatic carbocycles. The number of hydrogen-bond donors (Lipinski definition) is 0. The number of nitrogens with zero attached hydrogens (tertiary/aromatic N) is 4. The molecule has 0 bridgehead atoms. The van der Waals surface area contributed by atoms with E-state index in [2.05, 4.69) is 162 Å². The van der Waals surface area contributed by atoms with E-state index in [-0.39, 0.29) is 0 Å². The second kappa shape index (κ2) is 12.6. The Hall–Kier alpha value is -7.43. The van der Waals surface area contributed by atoms with Gasteiger partial charge in [0.2, 0.25) is 0 Å². The van der Waals surface area contributed by atoms with Gasteiger partial charge in [-0.05, 0) is 67.7 Å². The molecule has 0 unspecified atom stereocenters. The highest BCUT2D eigenvalue weighted by atomic mass is 15.1. The van der Waals surface area contributed by atoms with Gasteiger partial charge in [-0.1, -0.05) is 170 Å². The van der Waals surface area contributed by atoms with Gasteiger partial charge >= 0.3 is 0 Å². The highest BCUT2D eigenvalue weighted by Gasteiger charge is 2.22. The van der Waals surface area contributed by atoms with Crippen LogP contribution < -0.4 is 0 Å². The fourth-order valence-electron chi connectivity index (χ4n) is 8.27. The molecule has 11 aromatic rings. The molecule has 0 N–H and O–H groups in total. The molecule has 2 aromatic heterocycles. The van der Waals surface area contributed by atoms with Crippen molar-refractivity contribution in [3.8, 4) is 51.0 Å². The van der Waals surface area contributed by atoms with Gasteiger partial charge in [0.15, 0.2) is 17.5 Å². The zero-order valence-electron chi connectivity index (χ0n) is 29.8. The standard InChI is InChI=1S/C51H32N4/c1-4-16-33(17-5-1)36-28-29-42-41-26-14-15-27-46(41)55(47(42)30-36)48-32-44-40-25-13-11-23-38(40)37-22-10-12-24-39(37)43(44)31-45(48)51-53-49(34-18-6-2-7-19-34)52-50(54-51)35-20-8-3-9-21-35/h1-32H. The lowest BCUT2D eigenvalue weighted by atomic mass is 9.92. The van der Waals surface area contributed by atoms with E-state index in [1.165, 1.54) is 43.3 Å². The van der Waals surface area contributed by atoms with Gasteiger partial charge in [0.25, 0.3) is 0 Å². The number of benzene rings is 9. The van der Waals surface area contributed by atoms with E-state index in [0.29, 0.717) is 17.5 Å². The van der Waals surface area contributed by atoms with Crippen molar-refractivity contribution in [2.75, 3.05) is 0 Å². The van der Waals surface area contributed by atoms with E-state index in [0.717, 1.165) is 44.4 Å². The van der Waals surface area contributed by atoms with Crippen LogP contribution in [0.5, 0.6) is 0 Å². The van der Waals surface area contributed by atoms with Crippen molar-refractivity contribution in [2.45, 2.75) is 0 Å². The quantitative estimate of drug-likeness (QED) is 0.168. The summed E-state index contributed by atoms with van der Waals surface area (Å²) in [6, 6.07) is 68.7. The summed E-state index contributed by atoms with van der Waals surface area (Å²) >= 11 is 0. The van der Waals surface area contributed by atoms with Gasteiger partial charge in [0.1, 0.15) is 0 Å². The molecule has 0 saturated carbocycles. The van der Waals surface area contributed by atoms with Crippen LogP contribution in [0, 0.1) is 0 Å². The minimum absolute atomic E-state index is 0.618.